The second kappa shape index (κ2) is 44.3. The molecule has 3 N–H and O–H groups in total. The molecule has 0 aliphatic rings. The molecule has 0 aromatic carbocycles. The number of hydrogen-bond donors (Lipinski definition) is 2. The highest BCUT2D eigenvalue weighted by atomic mass is 31.2. The average molecular weight is 830 g/mol. The number of rotatable bonds is 46. The molecule has 0 saturated heterocycles. The molecule has 0 spiro atoms. The van der Waals surface area contributed by atoms with Crippen molar-refractivity contribution in [3.05, 3.63) is 12.2 Å². The highest BCUT2D eigenvalue weighted by Gasteiger charge is 2.26. The fourth-order valence-electron chi connectivity index (χ4n) is 7.04. The predicted molar refractivity (Wildman–Crippen MR) is 238 cm³/mol. The maximum Gasteiger partial charge on any atom is 0.472 e. The molecule has 57 heavy (non-hydrogen) atoms. The molecule has 0 bridgehead atoms. The summed E-state index contributed by atoms with van der Waals surface area (Å²) in [7, 11) is -4.37. The van der Waals surface area contributed by atoms with Crippen LogP contribution < -0.4 is 5.73 Å². The third-order valence-electron chi connectivity index (χ3n) is 10.7. The van der Waals surface area contributed by atoms with Crippen LogP contribution in [-0.4, -0.2) is 49.3 Å². The van der Waals surface area contributed by atoms with Crippen molar-refractivity contribution in [3.8, 4) is 0 Å². The van der Waals surface area contributed by atoms with E-state index in [1.165, 1.54) is 167 Å². The summed E-state index contributed by atoms with van der Waals surface area (Å²) >= 11 is 0. The van der Waals surface area contributed by atoms with Gasteiger partial charge < -0.3 is 20.1 Å². The Balaban J connectivity index is 4.03. The van der Waals surface area contributed by atoms with E-state index >= 15 is 0 Å². The van der Waals surface area contributed by atoms with Crippen molar-refractivity contribution in [1.82, 2.24) is 0 Å². The van der Waals surface area contributed by atoms with Crippen LogP contribution in [0.1, 0.15) is 245 Å². The molecular weight excluding hydrogens is 737 g/mol. The molecule has 0 aliphatic heterocycles. The van der Waals surface area contributed by atoms with E-state index in [2.05, 4.69) is 26.0 Å². The molecule has 0 rings (SSSR count). The first-order valence-electron chi connectivity index (χ1n) is 24.2. The van der Waals surface area contributed by atoms with Gasteiger partial charge in [0.05, 0.1) is 13.2 Å². The molecule has 0 amide bonds. The van der Waals surface area contributed by atoms with Gasteiger partial charge in [0.1, 0.15) is 6.61 Å². The number of unbranched alkanes of at least 4 members (excludes halogenated alkanes) is 31. The van der Waals surface area contributed by atoms with Crippen LogP contribution >= 0.6 is 7.82 Å². The lowest BCUT2D eigenvalue weighted by molar-refractivity contribution is -0.161. The van der Waals surface area contributed by atoms with E-state index in [1.54, 1.807) is 0 Å². The van der Waals surface area contributed by atoms with Crippen molar-refractivity contribution in [2.24, 2.45) is 5.73 Å². The molecule has 0 aliphatic carbocycles. The highest BCUT2D eigenvalue weighted by molar-refractivity contribution is 7.47. The summed E-state index contributed by atoms with van der Waals surface area (Å²) in [5.41, 5.74) is 5.36. The molecule has 10 heteroatoms. The Bertz CT molecular complexity index is 948. The molecule has 338 valence electrons. The quantitative estimate of drug-likeness (QED) is 0.0266. The molecule has 2 unspecified atom stereocenters. The molecule has 0 fully saturated rings. The Morgan fingerprint density at radius 2 is 0.860 bits per heavy atom. The van der Waals surface area contributed by atoms with E-state index in [-0.39, 0.29) is 38.6 Å². The second-order valence-corrected chi connectivity index (χ2v) is 17.8. The number of esters is 2. The summed E-state index contributed by atoms with van der Waals surface area (Å²) < 4.78 is 32.9. The lowest BCUT2D eigenvalue weighted by Crippen LogP contribution is -2.29. The Morgan fingerprint density at radius 3 is 1.26 bits per heavy atom. The van der Waals surface area contributed by atoms with E-state index in [1.807, 2.05) is 0 Å². The van der Waals surface area contributed by atoms with Gasteiger partial charge in [-0.25, -0.2) is 4.57 Å². The van der Waals surface area contributed by atoms with Gasteiger partial charge in [-0.15, -0.1) is 0 Å². The number of phosphoric acid groups is 1. The fourth-order valence-corrected chi connectivity index (χ4v) is 7.81. The molecule has 0 radical (unpaired) electrons. The van der Waals surface area contributed by atoms with Crippen LogP contribution in [0.5, 0.6) is 0 Å². The Hall–Kier alpha value is -1.25. The number of hydrogen-bond acceptors (Lipinski definition) is 8. The van der Waals surface area contributed by atoms with Gasteiger partial charge in [-0.1, -0.05) is 206 Å². The standard InChI is InChI=1S/C47H92NO8P/c1-3-5-7-9-11-13-15-17-19-20-21-22-23-24-26-28-30-32-34-36-38-40-47(50)56-45(44-55-57(51,52)54-42-41-48)43-53-46(49)39-37-35-33-31-29-27-25-18-16-14-12-10-8-6-4-2/h14,16,45H,3-13,15,17-44,48H2,1-2H3,(H,51,52). The van der Waals surface area contributed by atoms with Gasteiger partial charge in [0.2, 0.25) is 0 Å². The van der Waals surface area contributed by atoms with Crippen LogP contribution in [0.3, 0.4) is 0 Å². The summed E-state index contributed by atoms with van der Waals surface area (Å²) in [6, 6.07) is 0. The summed E-state index contributed by atoms with van der Waals surface area (Å²) in [5, 5.41) is 0. The third kappa shape index (κ3) is 44.1. The summed E-state index contributed by atoms with van der Waals surface area (Å²) in [6.45, 7) is 3.76. The van der Waals surface area contributed by atoms with Crippen molar-refractivity contribution in [3.63, 3.8) is 0 Å². The number of phosphoric ester groups is 1. The Labute approximate surface area is 351 Å². The van der Waals surface area contributed by atoms with Gasteiger partial charge in [-0.05, 0) is 38.5 Å². The monoisotopic (exact) mass is 830 g/mol. The normalized spacial score (nSPS) is 13.3. The van der Waals surface area contributed by atoms with E-state index in [9.17, 15) is 19.0 Å². The largest absolute Gasteiger partial charge is 0.472 e. The summed E-state index contributed by atoms with van der Waals surface area (Å²) in [5.74, 6) is -0.819. The van der Waals surface area contributed by atoms with Crippen molar-refractivity contribution in [1.29, 1.82) is 0 Å². The van der Waals surface area contributed by atoms with E-state index in [0.717, 1.165) is 44.9 Å². The van der Waals surface area contributed by atoms with Crippen LogP contribution in [-0.2, 0) is 32.7 Å². The van der Waals surface area contributed by atoms with E-state index < -0.39 is 26.5 Å². The minimum atomic E-state index is -4.37. The maximum atomic E-state index is 12.6. The van der Waals surface area contributed by atoms with Crippen LogP contribution in [0, 0.1) is 0 Å². The number of carbonyl (C=O) groups is 2. The first-order valence-corrected chi connectivity index (χ1v) is 25.7. The van der Waals surface area contributed by atoms with Gasteiger partial charge in [-0.2, -0.15) is 0 Å². The van der Waals surface area contributed by atoms with E-state index in [4.69, 9.17) is 24.3 Å². The number of allylic oxidation sites excluding steroid dienone is 2. The SMILES string of the molecule is CCCCCCC=CCCCCCCCCCC(=O)OCC(COP(=O)(O)OCCN)OC(=O)CCCCCCCCCCCCCCCCCCCCCCC. The van der Waals surface area contributed by atoms with Gasteiger partial charge >= 0.3 is 19.8 Å². The fraction of sp³-hybridized carbons (Fsp3) is 0.915. The van der Waals surface area contributed by atoms with Crippen LogP contribution in [0.4, 0.5) is 0 Å². The lowest BCUT2D eigenvalue weighted by atomic mass is 10.0. The van der Waals surface area contributed by atoms with Crippen LogP contribution in [0.25, 0.3) is 0 Å². The minimum absolute atomic E-state index is 0.0559. The summed E-state index contributed by atoms with van der Waals surface area (Å²) in [6.07, 6.45) is 46.7. The molecule has 2 atom stereocenters. The van der Waals surface area contributed by atoms with Gasteiger partial charge in [0, 0.05) is 19.4 Å². The van der Waals surface area contributed by atoms with E-state index in [0.29, 0.717) is 6.42 Å². The summed E-state index contributed by atoms with van der Waals surface area (Å²) in [4.78, 5) is 35.0. The lowest BCUT2D eigenvalue weighted by Gasteiger charge is -2.19. The predicted octanol–water partition coefficient (Wildman–Crippen LogP) is 14.2. The van der Waals surface area contributed by atoms with Gasteiger partial charge in [0.15, 0.2) is 6.10 Å². The zero-order chi connectivity index (χ0) is 41.8. The molecule has 0 heterocycles. The number of nitrogens with two attached hydrogens (primary N) is 1. The zero-order valence-corrected chi connectivity index (χ0v) is 38.2. The minimum Gasteiger partial charge on any atom is -0.462 e. The Morgan fingerprint density at radius 1 is 0.509 bits per heavy atom. The first-order chi connectivity index (χ1) is 27.8. The Kier molecular flexibility index (Phi) is 43.3. The maximum absolute atomic E-state index is 12.6. The van der Waals surface area contributed by atoms with Crippen molar-refractivity contribution in [2.75, 3.05) is 26.4 Å². The first kappa shape index (κ1) is 55.8. The smallest absolute Gasteiger partial charge is 0.462 e. The molecule has 9 nitrogen and oxygen atoms in total. The number of ether oxygens (including phenoxy) is 2. The molecule has 0 aromatic rings. The molecule has 0 saturated carbocycles. The molecular formula is C47H92NO8P. The van der Waals surface area contributed by atoms with Crippen molar-refractivity contribution >= 4 is 19.8 Å². The van der Waals surface area contributed by atoms with Crippen LogP contribution in [0.2, 0.25) is 0 Å². The average Bonchev–Trinajstić information content (AvgIpc) is 3.20. The van der Waals surface area contributed by atoms with Crippen molar-refractivity contribution < 1.29 is 37.6 Å². The highest BCUT2D eigenvalue weighted by Crippen LogP contribution is 2.43. The third-order valence-corrected chi connectivity index (χ3v) is 11.6. The molecule has 0 aromatic heterocycles. The second-order valence-electron chi connectivity index (χ2n) is 16.3. The topological polar surface area (TPSA) is 134 Å². The van der Waals surface area contributed by atoms with Crippen molar-refractivity contribution in [2.45, 2.75) is 251 Å². The van der Waals surface area contributed by atoms with Gasteiger partial charge in [0.25, 0.3) is 0 Å². The zero-order valence-electron chi connectivity index (χ0n) is 37.3. The van der Waals surface area contributed by atoms with Gasteiger partial charge in [-0.3, -0.25) is 18.6 Å². The number of carbonyl (C=O) groups excluding carboxylic acids is 2. The van der Waals surface area contributed by atoms with Crippen LogP contribution in [0.15, 0.2) is 12.2 Å².